The summed E-state index contributed by atoms with van der Waals surface area (Å²) < 4.78 is 0. The van der Waals surface area contributed by atoms with Crippen LogP contribution in [0.4, 0.5) is 0 Å². The van der Waals surface area contributed by atoms with Crippen molar-refractivity contribution in [1.29, 1.82) is 0 Å². The number of rotatable bonds is 4. The van der Waals surface area contributed by atoms with Crippen molar-refractivity contribution in [3.05, 3.63) is 58.6 Å². The molecule has 2 heteroatoms. The molecule has 0 amide bonds. The normalized spacial score (nSPS) is 11.0. The Labute approximate surface area is 120 Å². The van der Waals surface area contributed by atoms with Crippen molar-refractivity contribution in [3.8, 4) is 11.1 Å². The van der Waals surface area contributed by atoms with Crippen LogP contribution in [-0.4, -0.2) is 7.05 Å². The topological polar surface area (TPSA) is 12.0 Å². The van der Waals surface area contributed by atoms with E-state index < -0.39 is 0 Å². The number of benzene rings is 2. The molecule has 0 atom stereocenters. The van der Waals surface area contributed by atoms with Gasteiger partial charge in [-0.2, -0.15) is 0 Å². The van der Waals surface area contributed by atoms with Gasteiger partial charge >= 0.3 is 0 Å². The molecule has 2 aromatic carbocycles. The fraction of sp³-hybridized carbons (Fsp3) is 0.294. The lowest BCUT2D eigenvalue weighted by atomic mass is 9.96. The average molecular weight is 274 g/mol. The van der Waals surface area contributed by atoms with Crippen molar-refractivity contribution >= 4 is 11.6 Å². The molecule has 0 aliphatic carbocycles. The smallest absolute Gasteiger partial charge is 0.0409 e. The van der Waals surface area contributed by atoms with Crippen LogP contribution in [0.5, 0.6) is 0 Å². The van der Waals surface area contributed by atoms with Crippen molar-refractivity contribution in [2.75, 3.05) is 7.05 Å². The van der Waals surface area contributed by atoms with Crippen LogP contribution in [0.2, 0.25) is 5.02 Å². The van der Waals surface area contributed by atoms with E-state index >= 15 is 0 Å². The van der Waals surface area contributed by atoms with Gasteiger partial charge in [-0.05, 0) is 47.4 Å². The lowest BCUT2D eigenvalue weighted by Gasteiger charge is -2.12. The van der Waals surface area contributed by atoms with Crippen LogP contribution < -0.4 is 5.32 Å². The lowest BCUT2D eigenvalue weighted by molar-refractivity contribution is 0.819. The number of hydrogen-bond donors (Lipinski definition) is 1. The second kappa shape index (κ2) is 6.23. The summed E-state index contributed by atoms with van der Waals surface area (Å²) >= 11 is 6.08. The van der Waals surface area contributed by atoms with E-state index in [9.17, 15) is 0 Å². The first-order valence-electron chi connectivity index (χ1n) is 6.65. The molecule has 2 rings (SSSR count). The molecule has 0 fully saturated rings. The van der Waals surface area contributed by atoms with Crippen molar-refractivity contribution in [2.24, 2.45) is 0 Å². The fourth-order valence-electron chi connectivity index (χ4n) is 2.23. The Kier molecular flexibility index (Phi) is 4.62. The summed E-state index contributed by atoms with van der Waals surface area (Å²) in [6, 6.07) is 14.9. The van der Waals surface area contributed by atoms with Crippen LogP contribution in [0.15, 0.2) is 42.5 Å². The molecule has 0 radical (unpaired) electrons. The van der Waals surface area contributed by atoms with Crippen LogP contribution in [-0.2, 0) is 6.54 Å². The Morgan fingerprint density at radius 2 is 1.74 bits per heavy atom. The van der Waals surface area contributed by atoms with Crippen LogP contribution in [0.1, 0.15) is 30.9 Å². The molecule has 0 saturated carbocycles. The zero-order valence-electron chi connectivity index (χ0n) is 11.7. The minimum Gasteiger partial charge on any atom is -0.316 e. The van der Waals surface area contributed by atoms with Crippen LogP contribution in [0.25, 0.3) is 11.1 Å². The third kappa shape index (κ3) is 3.37. The molecule has 2 aromatic rings. The van der Waals surface area contributed by atoms with Gasteiger partial charge in [-0.15, -0.1) is 0 Å². The Bertz CT molecular complexity index is 544. The second-order valence-electron chi connectivity index (χ2n) is 5.11. The summed E-state index contributed by atoms with van der Waals surface area (Å²) in [5, 5.41) is 3.98. The summed E-state index contributed by atoms with van der Waals surface area (Å²) in [6.45, 7) is 5.25. The average Bonchev–Trinajstić information content (AvgIpc) is 2.39. The Morgan fingerprint density at radius 1 is 1.05 bits per heavy atom. The quantitative estimate of drug-likeness (QED) is 0.840. The molecule has 1 N–H and O–H groups in total. The van der Waals surface area contributed by atoms with E-state index in [0.717, 1.165) is 11.6 Å². The molecular formula is C17H20ClN. The number of nitrogens with one attached hydrogen (secondary N) is 1. The van der Waals surface area contributed by atoms with Gasteiger partial charge in [0.25, 0.3) is 0 Å². The summed E-state index contributed by atoms with van der Waals surface area (Å²) in [4.78, 5) is 0. The largest absolute Gasteiger partial charge is 0.316 e. The van der Waals surface area contributed by atoms with Gasteiger partial charge in [0.15, 0.2) is 0 Å². The molecule has 0 spiro atoms. The standard InChI is InChI=1S/C17H20ClN/c1-12(2)13-4-6-14(7-5-13)17-9-8-16(18)10-15(17)11-19-3/h4-10,12,19H,11H2,1-3H3. The highest BCUT2D eigenvalue weighted by atomic mass is 35.5. The fourth-order valence-corrected chi connectivity index (χ4v) is 2.42. The first-order valence-corrected chi connectivity index (χ1v) is 7.03. The molecule has 19 heavy (non-hydrogen) atoms. The SMILES string of the molecule is CNCc1cc(Cl)ccc1-c1ccc(C(C)C)cc1. The first kappa shape index (κ1) is 14.1. The highest BCUT2D eigenvalue weighted by Crippen LogP contribution is 2.28. The zero-order chi connectivity index (χ0) is 13.8. The molecule has 1 nitrogen and oxygen atoms in total. The predicted molar refractivity (Wildman–Crippen MR) is 83.7 cm³/mol. The molecular weight excluding hydrogens is 254 g/mol. The minimum absolute atomic E-state index is 0.566. The zero-order valence-corrected chi connectivity index (χ0v) is 12.5. The van der Waals surface area contributed by atoms with Crippen LogP contribution >= 0.6 is 11.6 Å². The van der Waals surface area contributed by atoms with Crippen molar-refractivity contribution < 1.29 is 0 Å². The third-order valence-electron chi connectivity index (χ3n) is 3.32. The van der Waals surface area contributed by atoms with Crippen molar-refractivity contribution in [2.45, 2.75) is 26.3 Å². The van der Waals surface area contributed by atoms with Crippen molar-refractivity contribution in [1.82, 2.24) is 5.32 Å². The van der Waals surface area contributed by atoms with E-state index in [1.807, 2.05) is 19.2 Å². The Balaban J connectivity index is 2.40. The third-order valence-corrected chi connectivity index (χ3v) is 3.56. The van der Waals surface area contributed by atoms with Gasteiger partial charge in [0.2, 0.25) is 0 Å². The highest BCUT2D eigenvalue weighted by Gasteiger charge is 2.06. The summed E-state index contributed by atoms with van der Waals surface area (Å²) in [6.07, 6.45) is 0. The summed E-state index contributed by atoms with van der Waals surface area (Å²) in [5.74, 6) is 0.566. The maximum absolute atomic E-state index is 6.08. The Hall–Kier alpha value is -1.31. The Morgan fingerprint density at radius 3 is 2.32 bits per heavy atom. The molecule has 0 unspecified atom stereocenters. The van der Waals surface area contributed by atoms with Gasteiger partial charge < -0.3 is 5.32 Å². The molecule has 0 saturated heterocycles. The molecule has 0 aromatic heterocycles. The van der Waals surface area contributed by atoms with E-state index in [1.165, 1.54) is 22.3 Å². The van der Waals surface area contributed by atoms with Crippen LogP contribution in [0, 0.1) is 0 Å². The van der Waals surface area contributed by atoms with E-state index in [2.05, 4.69) is 49.5 Å². The molecule has 100 valence electrons. The van der Waals surface area contributed by atoms with E-state index in [0.29, 0.717) is 5.92 Å². The monoisotopic (exact) mass is 273 g/mol. The maximum Gasteiger partial charge on any atom is 0.0409 e. The number of halogens is 1. The van der Waals surface area contributed by atoms with Gasteiger partial charge in [-0.1, -0.05) is 55.8 Å². The van der Waals surface area contributed by atoms with Crippen LogP contribution in [0.3, 0.4) is 0 Å². The molecule has 0 aliphatic rings. The minimum atomic E-state index is 0.566. The summed E-state index contributed by atoms with van der Waals surface area (Å²) in [7, 11) is 1.95. The summed E-state index contributed by atoms with van der Waals surface area (Å²) in [5.41, 5.74) is 5.08. The van der Waals surface area contributed by atoms with Crippen molar-refractivity contribution in [3.63, 3.8) is 0 Å². The lowest BCUT2D eigenvalue weighted by Crippen LogP contribution is -2.06. The highest BCUT2D eigenvalue weighted by molar-refractivity contribution is 6.30. The van der Waals surface area contributed by atoms with E-state index in [4.69, 9.17) is 11.6 Å². The number of hydrogen-bond acceptors (Lipinski definition) is 1. The van der Waals surface area contributed by atoms with Gasteiger partial charge in [0.1, 0.15) is 0 Å². The maximum atomic E-state index is 6.08. The van der Waals surface area contributed by atoms with E-state index in [1.54, 1.807) is 0 Å². The molecule has 0 aliphatic heterocycles. The van der Waals surface area contributed by atoms with Gasteiger partial charge in [-0.25, -0.2) is 0 Å². The van der Waals surface area contributed by atoms with Gasteiger partial charge in [0, 0.05) is 11.6 Å². The van der Waals surface area contributed by atoms with E-state index in [-0.39, 0.29) is 0 Å². The second-order valence-corrected chi connectivity index (χ2v) is 5.54. The molecule has 0 bridgehead atoms. The molecule has 0 heterocycles. The first-order chi connectivity index (χ1) is 9.11. The van der Waals surface area contributed by atoms with Gasteiger partial charge in [0.05, 0.1) is 0 Å². The predicted octanol–water partition coefficient (Wildman–Crippen LogP) is 4.85. The van der Waals surface area contributed by atoms with Gasteiger partial charge in [-0.3, -0.25) is 0 Å².